The molecule has 1 aliphatic rings. The van der Waals surface area contributed by atoms with E-state index in [1.54, 1.807) is 6.20 Å². The molecule has 30 heavy (non-hydrogen) atoms. The van der Waals surface area contributed by atoms with Crippen LogP contribution in [0, 0.1) is 6.92 Å². The van der Waals surface area contributed by atoms with Crippen molar-refractivity contribution in [3.8, 4) is 11.4 Å². The highest BCUT2D eigenvalue weighted by Crippen LogP contribution is 2.40. The van der Waals surface area contributed by atoms with Gasteiger partial charge < -0.3 is 4.90 Å². The molecule has 1 fully saturated rings. The second-order valence-corrected chi connectivity index (χ2v) is 8.68. The lowest BCUT2D eigenvalue weighted by atomic mass is 10.1. The molecule has 1 aliphatic carbocycles. The first-order valence-electron chi connectivity index (χ1n) is 10.5. The number of benzene rings is 1. The fraction of sp³-hybridized carbons (Fsp3) is 0.391. The Hall–Kier alpha value is -2.67. The van der Waals surface area contributed by atoms with Crippen LogP contribution in [-0.4, -0.2) is 42.9 Å². The van der Waals surface area contributed by atoms with Crippen LogP contribution in [0.1, 0.15) is 43.4 Å². The van der Waals surface area contributed by atoms with Crippen molar-refractivity contribution in [2.45, 2.75) is 50.9 Å². The Morgan fingerprint density at radius 3 is 2.67 bits per heavy atom. The van der Waals surface area contributed by atoms with Crippen molar-refractivity contribution in [2.24, 2.45) is 0 Å². The number of aryl methyl sites for hydroxylation is 1. The highest BCUT2D eigenvalue weighted by atomic mass is 32.2. The van der Waals surface area contributed by atoms with Crippen molar-refractivity contribution in [3.05, 3.63) is 59.9 Å². The van der Waals surface area contributed by atoms with Gasteiger partial charge in [0, 0.05) is 37.1 Å². The average molecular weight is 422 g/mol. The normalized spacial score (nSPS) is 13.4. The second-order valence-electron chi connectivity index (χ2n) is 7.74. The summed E-state index contributed by atoms with van der Waals surface area (Å²) in [5, 5.41) is 9.63. The summed E-state index contributed by atoms with van der Waals surface area (Å²) in [6.45, 7) is 5.57. The van der Waals surface area contributed by atoms with Crippen LogP contribution >= 0.6 is 11.8 Å². The topological polar surface area (TPSA) is 63.9 Å². The molecule has 0 bridgehead atoms. The number of rotatable bonds is 9. The summed E-state index contributed by atoms with van der Waals surface area (Å²) in [6.07, 6.45) is 6.76. The molecule has 1 amide bonds. The molecular formula is C23H27N5OS. The van der Waals surface area contributed by atoms with Gasteiger partial charge in [0.2, 0.25) is 5.91 Å². The zero-order valence-electron chi connectivity index (χ0n) is 17.5. The molecule has 0 unspecified atom stereocenters. The lowest BCUT2D eigenvalue weighted by Crippen LogP contribution is -2.32. The minimum atomic E-state index is 0.135. The van der Waals surface area contributed by atoms with Gasteiger partial charge in [-0.15, -0.1) is 10.2 Å². The number of thioether (sulfide) groups is 1. The molecule has 0 N–H and O–H groups in total. The number of aromatic nitrogens is 4. The largest absolute Gasteiger partial charge is 0.338 e. The van der Waals surface area contributed by atoms with Gasteiger partial charge >= 0.3 is 0 Å². The Morgan fingerprint density at radius 2 is 2.00 bits per heavy atom. The summed E-state index contributed by atoms with van der Waals surface area (Å²) < 4.78 is 2.18. The molecule has 3 aromatic rings. The van der Waals surface area contributed by atoms with Crippen LogP contribution in [0.5, 0.6) is 0 Å². The van der Waals surface area contributed by atoms with Crippen LogP contribution in [0.15, 0.2) is 53.9 Å². The van der Waals surface area contributed by atoms with Gasteiger partial charge in [-0.05, 0) is 43.9 Å². The van der Waals surface area contributed by atoms with Crippen molar-refractivity contribution < 1.29 is 4.79 Å². The van der Waals surface area contributed by atoms with Gasteiger partial charge in [0.15, 0.2) is 11.0 Å². The van der Waals surface area contributed by atoms with E-state index in [-0.39, 0.29) is 5.91 Å². The summed E-state index contributed by atoms with van der Waals surface area (Å²) in [5.41, 5.74) is 3.35. The van der Waals surface area contributed by atoms with Crippen LogP contribution in [0.3, 0.4) is 0 Å². The number of nitrogens with zero attached hydrogens (tertiary/aromatic N) is 5. The number of hydrogen-bond donors (Lipinski definition) is 0. The summed E-state index contributed by atoms with van der Waals surface area (Å²) in [7, 11) is 0. The summed E-state index contributed by atoms with van der Waals surface area (Å²) >= 11 is 1.48. The second kappa shape index (κ2) is 9.43. The quantitative estimate of drug-likeness (QED) is 0.476. The van der Waals surface area contributed by atoms with Gasteiger partial charge in [-0.1, -0.05) is 48.5 Å². The molecule has 0 saturated heterocycles. The molecule has 6 nitrogen and oxygen atoms in total. The number of carbonyl (C=O) groups is 1. The fourth-order valence-corrected chi connectivity index (χ4v) is 4.33. The van der Waals surface area contributed by atoms with E-state index in [1.807, 2.05) is 23.2 Å². The third kappa shape index (κ3) is 4.90. The Kier molecular flexibility index (Phi) is 6.47. The van der Waals surface area contributed by atoms with E-state index < -0.39 is 0 Å². The minimum Gasteiger partial charge on any atom is -0.338 e. The first-order valence-corrected chi connectivity index (χ1v) is 11.5. The summed E-state index contributed by atoms with van der Waals surface area (Å²) in [6, 6.07) is 12.7. The van der Waals surface area contributed by atoms with Gasteiger partial charge in [0.1, 0.15) is 0 Å². The first-order chi connectivity index (χ1) is 14.7. The van der Waals surface area contributed by atoms with E-state index in [1.165, 1.54) is 17.3 Å². The third-order valence-electron chi connectivity index (χ3n) is 5.16. The van der Waals surface area contributed by atoms with Gasteiger partial charge in [0.05, 0.1) is 5.75 Å². The van der Waals surface area contributed by atoms with Crippen molar-refractivity contribution in [3.63, 3.8) is 0 Å². The summed E-state index contributed by atoms with van der Waals surface area (Å²) in [5.74, 6) is 1.34. The van der Waals surface area contributed by atoms with E-state index in [0.29, 0.717) is 18.3 Å². The van der Waals surface area contributed by atoms with Crippen LogP contribution in [0.2, 0.25) is 0 Å². The molecule has 2 heterocycles. The molecule has 7 heteroatoms. The minimum absolute atomic E-state index is 0.135. The standard InChI is InChI=1S/C23H27N5OS/c1-3-13-27(15-18-8-6-17(2)7-9-18)21(29)16-30-23-26-25-22(28(23)20-10-11-20)19-5-4-12-24-14-19/h4-9,12,14,20H,3,10-11,13,15-16H2,1-2H3. The van der Waals surface area contributed by atoms with Crippen molar-refractivity contribution >= 4 is 17.7 Å². The van der Waals surface area contributed by atoms with Gasteiger partial charge in [-0.3, -0.25) is 14.3 Å². The monoisotopic (exact) mass is 421 g/mol. The SMILES string of the molecule is CCCN(Cc1ccc(C)cc1)C(=O)CSc1nnc(-c2cccnc2)n1C1CC1. The molecule has 4 rings (SSSR count). The first kappa shape index (κ1) is 20.6. The maximum atomic E-state index is 13.0. The zero-order chi connectivity index (χ0) is 20.9. The third-order valence-corrected chi connectivity index (χ3v) is 6.09. The van der Waals surface area contributed by atoms with Crippen molar-refractivity contribution in [1.29, 1.82) is 0 Å². The van der Waals surface area contributed by atoms with Gasteiger partial charge in [0.25, 0.3) is 0 Å². The predicted molar refractivity (Wildman–Crippen MR) is 119 cm³/mol. The van der Waals surface area contributed by atoms with Crippen LogP contribution < -0.4 is 0 Å². The lowest BCUT2D eigenvalue weighted by molar-refractivity contribution is -0.129. The van der Waals surface area contributed by atoms with Crippen LogP contribution in [0.4, 0.5) is 0 Å². The lowest BCUT2D eigenvalue weighted by Gasteiger charge is -2.22. The number of amides is 1. The van der Waals surface area contributed by atoms with E-state index in [4.69, 9.17) is 0 Å². The van der Waals surface area contributed by atoms with Crippen molar-refractivity contribution in [1.82, 2.24) is 24.6 Å². The van der Waals surface area contributed by atoms with Gasteiger partial charge in [-0.2, -0.15) is 0 Å². The maximum absolute atomic E-state index is 13.0. The zero-order valence-corrected chi connectivity index (χ0v) is 18.3. The molecule has 0 radical (unpaired) electrons. The molecule has 2 aromatic heterocycles. The molecular weight excluding hydrogens is 394 g/mol. The number of pyridine rings is 1. The Balaban J connectivity index is 1.46. The van der Waals surface area contributed by atoms with E-state index >= 15 is 0 Å². The highest BCUT2D eigenvalue weighted by molar-refractivity contribution is 7.99. The number of carbonyl (C=O) groups excluding carboxylic acids is 1. The molecule has 0 spiro atoms. The predicted octanol–water partition coefficient (Wildman–Crippen LogP) is 4.51. The molecule has 0 atom stereocenters. The van der Waals surface area contributed by atoms with Gasteiger partial charge in [-0.25, -0.2) is 0 Å². The van der Waals surface area contributed by atoms with E-state index in [9.17, 15) is 4.79 Å². The Morgan fingerprint density at radius 1 is 1.20 bits per heavy atom. The Labute approximate surface area is 181 Å². The van der Waals surface area contributed by atoms with E-state index in [2.05, 4.69) is 57.9 Å². The Bertz CT molecular complexity index is 983. The van der Waals surface area contributed by atoms with Crippen LogP contribution in [0.25, 0.3) is 11.4 Å². The molecule has 0 aliphatic heterocycles. The fourth-order valence-electron chi connectivity index (χ4n) is 3.42. The van der Waals surface area contributed by atoms with E-state index in [0.717, 1.165) is 47.9 Å². The number of hydrogen-bond acceptors (Lipinski definition) is 5. The molecule has 1 saturated carbocycles. The van der Waals surface area contributed by atoms with Crippen molar-refractivity contribution in [2.75, 3.05) is 12.3 Å². The van der Waals surface area contributed by atoms with Crippen LogP contribution in [-0.2, 0) is 11.3 Å². The molecule has 1 aromatic carbocycles. The maximum Gasteiger partial charge on any atom is 0.233 e. The molecule has 156 valence electrons. The smallest absolute Gasteiger partial charge is 0.233 e. The average Bonchev–Trinajstić information content (AvgIpc) is 3.52. The summed E-state index contributed by atoms with van der Waals surface area (Å²) in [4.78, 5) is 19.1. The highest BCUT2D eigenvalue weighted by Gasteiger charge is 2.30.